The van der Waals surface area contributed by atoms with Crippen molar-refractivity contribution in [2.24, 2.45) is 0 Å². The van der Waals surface area contributed by atoms with E-state index in [9.17, 15) is 26.4 Å². The molecule has 0 atom stereocenters. The molecule has 0 unspecified atom stereocenters. The summed E-state index contributed by atoms with van der Waals surface area (Å²) >= 11 is 2.74. The molecule has 166 valence electrons. The summed E-state index contributed by atoms with van der Waals surface area (Å²) in [5.41, 5.74) is 1.88. The predicted octanol–water partition coefficient (Wildman–Crippen LogP) is 3.91. The molecular formula is C18H17F3N4O3S3. The summed E-state index contributed by atoms with van der Waals surface area (Å²) < 4.78 is 62.5. The molecule has 0 saturated heterocycles. The zero-order valence-electron chi connectivity index (χ0n) is 16.3. The van der Waals surface area contributed by atoms with E-state index in [0.717, 1.165) is 27.7 Å². The number of anilines is 1. The molecule has 1 amide bonds. The first-order chi connectivity index (χ1) is 14.4. The lowest BCUT2D eigenvalue weighted by atomic mass is 10.1. The highest BCUT2D eigenvalue weighted by molar-refractivity contribution is 7.89. The van der Waals surface area contributed by atoms with E-state index >= 15 is 0 Å². The largest absolute Gasteiger partial charge is 0.402 e. The number of rotatable bonds is 7. The van der Waals surface area contributed by atoms with E-state index < -0.39 is 28.7 Å². The van der Waals surface area contributed by atoms with Crippen LogP contribution < -0.4 is 10.0 Å². The van der Waals surface area contributed by atoms with Gasteiger partial charge in [-0.1, -0.05) is 12.1 Å². The Kier molecular flexibility index (Phi) is 6.79. The maximum absolute atomic E-state index is 12.3. The molecule has 0 radical (unpaired) electrons. The van der Waals surface area contributed by atoms with Crippen molar-refractivity contribution in [2.45, 2.75) is 31.3 Å². The van der Waals surface area contributed by atoms with Crippen LogP contribution in [-0.2, 0) is 21.2 Å². The lowest BCUT2D eigenvalue weighted by Crippen LogP contribution is -2.33. The Hall–Kier alpha value is -2.35. The van der Waals surface area contributed by atoms with Crippen LogP contribution in [0.3, 0.4) is 0 Å². The van der Waals surface area contributed by atoms with Gasteiger partial charge in [0.1, 0.15) is 6.54 Å². The van der Waals surface area contributed by atoms with Crippen molar-refractivity contribution in [3.05, 3.63) is 45.9 Å². The number of hydrogen-bond donors (Lipinski definition) is 2. The van der Waals surface area contributed by atoms with Crippen LogP contribution in [0.25, 0.3) is 10.6 Å². The summed E-state index contributed by atoms with van der Waals surface area (Å²) in [7, 11) is -4.36. The Morgan fingerprint density at radius 1 is 1.19 bits per heavy atom. The van der Waals surface area contributed by atoms with Crippen molar-refractivity contribution in [1.82, 2.24) is 14.7 Å². The number of nitrogens with one attached hydrogen (secondary N) is 2. The van der Waals surface area contributed by atoms with E-state index in [1.807, 2.05) is 13.8 Å². The molecule has 2 N–H and O–H groups in total. The van der Waals surface area contributed by atoms with Crippen LogP contribution in [0.2, 0.25) is 0 Å². The molecule has 31 heavy (non-hydrogen) atoms. The molecule has 1 aromatic carbocycles. The highest BCUT2D eigenvalue weighted by atomic mass is 32.2. The van der Waals surface area contributed by atoms with E-state index in [4.69, 9.17) is 0 Å². The number of sulfonamides is 1. The summed E-state index contributed by atoms with van der Waals surface area (Å²) in [4.78, 5) is 21.6. The topological polar surface area (TPSA) is 101 Å². The summed E-state index contributed by atoms with van der Waals surface area (Å²) in [6.45, 7) is 2.09. The fraction of sp³-hybridized carbons (Fsp3) is 0.278. The normalized spacial score (nSPS) is 12.2. The van der Waals surface area contributed by atoms with Gasteiger partial charge in [0.2, 0.25) is 15.9 Å². The lowest BCUT2D eigenvalue weighted by Gasteiger charge is -2.10. The average Bonchev–Trinajstić information content (AvgIpc) is 3.25. The summed E-state index contributed by atoms with van der Waals surface area (Å²) in [6.07, 6.45) is -4.84. The Labute approximate surface area is 184 Å². The molecule has 0 fully saturated rings. The van der Waals surface area contributed by atoms with Gasteiger partial charge in [0.15, 0.2) is 5.13 Å². The van der Waals surface area contributed by atoms with Crippen molar-refractivity contribution in [1.29, 1.82) is 0 Å². The Bertz CT molecular complexity index is 1200. The Balaban J connectivity index is 1.66. The Morgan fingerprint density at radius 2 is 1.94 bits per heavy atom. The van der Waals surface area contributed by atoms with Gasteiger partial charge in [-0.05, 0) is 31.5 Å². The number of hydrogen-bond acceptors (Lipinski definition) is 7. The summed E-state index contributed by atoms with van der Waals surface area (Å²) in [5.74, 6) is -0.434. The van der Waals surface area contributed by atoms with Crippen LogP contribution in [0.1, 0.15) is 16.3 Å². The standard InChI is InChI=1S/C18H17F3N4O3S3/c1-10-16(30-11(2)23-10)14-8-29-17(24-14)25-15(26)7-12-4-3-5-13(6-12)31(27,28)22-9-18(19,20)21/h3-6,8,22H,7,9H2,1-2H3,(H,24,25,26). The fourth-order valence-electron chi connectivity index (χ4n) is 2.64. The van der Waals surface area contributed by atoms with E-state index in [0.29, 0.717) is 16.4 Å². The number of nitrogens with zero attached hydrogens (tertiary/aromatic N) is 2. The maximum atomic E-state index is 12.3. The van der Waals surface area contributed by atoms with E-state index in [1.165, 1.54) is 39.5 Å². The van der Waals surface area contributed by atoms with Gasteiger partial charge in [-0.25, -0.2) is 23.1 Å². The first-order valence-electron chi connectivity index (χ1n) is 8.78. The molecule has 0 spiro atoms. The molecular weight excluding hydrogens is 473 g/mol. The fourth-order valence-corrected chi connectivity index (χ4v) is 5.39. The molecule has 7 nitrogen and oxygen atoms in total. The van der Waals surface area contributed by atoms with Crippen LogP contribution in [0.5, 0.6) is 0 Å². The third-order valence-corrected chi connectivity index (χ3v) is 7.17. The van der Waals surface area contributed by atoms with Crippen molar-refractivity contribution < 1.29 is 26.4 Å². The third-order valence-electron chi connectivity index (χ3n) is 3.92. The van der Waals surface area contributed by atoms with Gasteiger partial charge in [-0.3, -0.25) is 4.79 Å². The van der Waals surface area contributed by atoms with Crippen LogP contribution in [0, 0.1) is 13.8 Å². The maximum Gasteiger partial charge on any atom is 0.402 e. The highest BCUT2D eigenvalue weighted by Gasteiger charge is 2.30. The quantitative estimate of drug-likeness (QED) is 0.523. The van der Waals surface area contributed by atoms with Gasteiger partial charge in [0.05, 0.1) is 32.6 Å². The number of benzene rings is 1. The van der Waals surface area contributed by atoms with Gasteiger partial charge in [0, 0.05) is 5.38 Å². The first kappa shape index (κ1) is 23.3. The van der Waals surface area contributed by atoms with Crippen LogP contribution >= 0.6 is 22.7 Å². The number of alkyl halides is 3. The third kappa shape index (κ3) is 6.32. The summed E-state index contributed by atoms with van der Waals surface area (Å²) in [5, 5.41) is 5.73. The number of halogens is 3. The van der Waals surface area contributed by atoms with Crippen LogP contribution in [0.15, 0.2) is 34.5 Å². The van der Waals surface area contributed by atoms with Crippen LogP contribution in [-0.4, -0.2) is 37.0 Å². The molecule has 0 aliphatic rings. The minimum atomic E-state index is -4.67. The van der Waals surface area contributed by atoms with Crippen molar-refractivity contribution >= 4 is 43.7 Å². The molecule has 13 heteroatoms. The van der Waals surface area contributed by atoms with E-state index in [1.54, 1.807) is 5.38 Å². The number of carbonyl (C=O) groups is 1. The second-order valence-corrected chi connectivity index (χ2v) is 10.3. The molecule has 0 aliphatic carbocycles. The van der Waals surface area contributed by atoms with Crippen molar-refractivity contribution in [3.8, 4) is 10.6 Å². The van der Waals surface area contributed by atoms with E-state index in [-0.39, 0.29) is 11.3 Å². The highest BCUT2D eigenvalue weighted by Crippen LogP contribution is 2.32. The number of aromatic nitrogens is 2. The zero-order valence-corrected chi connectivity index (χ0v) is 18.7. The SMILES string of the molecule is Cc1nc(C)c(-c2csc(NC(=O)Cc3cccc(S(=O)(=O)NCC(F)(F)F)c3)n2)s1. The molecule has 0 saturated carbocycles. The molecule has 3 rings (SSSR count). The monoisotopic (exact) mass is 490 g/mol. The lowest BCUT2D eigenvalue weighted by molar-refractivity contribution is -0.121. The van der Waals surface area contributed by atoms with Crippen LogP contribution in [0.4, 0.5) is 18.3 Å². The average molecular weight is 491 g/mol. The number of carbonyl (C=O) groups excluding carboxylic acids is 1. The molecule has 2 aromatic heterocycles. The minimum absolute atomic E-state index is 0.170. The first-order valence-corrected chi connectivity index (χ1v) is 12.0. The smallest absolute Gasteiger partial charge is 0.302 e. The van der Waals surface area contributed by atoms with Gasteiger partial charge in [-0.2, -0.15) is 13.2 Å². The van der Waals surface area contributed by atoms with Gasteiger partial charge in [0.25, 0.3) is 0 Å². The predicted molar refractivity (Wildman–Crippen MR) is 113 cm³/mol. The zero-order chi connectivity index (χ0) is 22.8. The second kappa shape index (κ2) is 9.02. The van der Waals surface area contributed by atoms with Gasteiger partial charge in [-0.15, -0.1) is 22.7 Å². The Morgan fingerprint density at radius 3 is 2.58 bits per heavy atom. The molecule has 3 aromatic rings. The summed E-state index contributed by atoms with van der Waals surface area (Å²) in [6, 6.07) is 5.20. The molecule has 0 aliphatic heterocycles. The number of aryl methyl sites for hydroxylation is 2. The molecule has 0 bridgehead atoms. The van der Waals surface area contributed by atoms with Gasteiger partial charge < -0.3 is 5.32 Å². The number of thiazole rings is 2. The van der Waals surface area contributed by atoms with Crippen molar-refractivity contribution in [3.63, 3.8) is 0 Å². The minimum Gasteiger partial charge on any atom is -0.302 e. The van der Waals surface area contributed by atoms with E-state index in [2.05, 4.69) is 15.3 Å². The second-order valence-electron chi connectivity index (χ2n) is 6.50. The molecule has 2 heterocycles. The van der Waals surface area contributed by atoms with Crippen molar-refractivity contribution in [2.75, 3.05) is 11.9 Å². The van der Waals surface area contributed by atoms with Gasteiger partial charge >= 0.3 is 6.18 Å². The number of amides is 1.